The van der Waals surface area contributed by atoms with Gasteiger partial charge in [0.15, 0.2) is 0 Å². The first-order chi connectivity index (χ1) is 11.2. The minimum Gasteiger partial charge on any atom is -0.309 e. The third-order valence-electron chi connectivity index (χ3n) is 4.08. The van der Waals surface area contributed by atoms with E-state index in [-0.39, 0.29) is 11.7 Å². The van der Waals surface area contributed by atoms with Crippen molar-refractivity contribution in [3.05, 3.63) is 65.5 Å². The molecule has 0 bridgehead atoms. The number of anilines is 1. The molecule has 1 N–H and O–H groups in total. The molecule has 0 aliphatic carbocycles. The lowest BCUT2D eigenvalue weighted by Crippen LogP contribution is -2.44. The second kappa shape index (κ2) is 5.09. The maximum absolute atomic E-state index is 13.8. The number of fused-ring (bicyclic) bond motifs is 2. The number of benzene rings is 2. The zero-order chi connectivity index (χ0) is 16.0. The van der Waals surface area contributed by atoms with Crippen LogP contribution in [0.5, 0.6) is 0 Å². The summed E-state index contributed by atoms with van der Waals surface area (Å²) in [4.78, 5) is 13.5. The number of hydrogen-bond donors (Lipinski definition) is 1. The van der Waals surface area contributed by atoms with Crippen LogP contribution in [0.4, 0.5) is 10.1 Å². The summed E-state index contributed by atoms with van der Waals surface area (Å²) in [5.74, 6) is -0.468. The molecule has 4 nitrogen and oxygen atoms in total. The van der Waals surface area contributed by atoms with Gasteiger partial charge in [-0.2, -0.15) is 5.10 Å². The number of rotatable bonds is 2. The van der Waals surface area contributed by atoms with Crippen molar-refractivity contribution >= 4 is 28.4 Å². The molecule has 4 rings (SSSR count). The van der Waals surface area contributed by atoms with E-state index in [0.717, 1.165) is 16.3 Å². The van der Waals surface area contributed by atoms with Crippen LogP contribution in [-0.2, 0) is 9.67 Å². The Hall–Kier alpha value is -2.34. The Morgan fingerprint density at radius 2 is 2.04 bits per heavy atom. The number of likely N-dealkylation sites (N-methyl/N-ethyl adjacent to an activating group) is 1. The summed E-state index contributed by atoms with van der Waals surface area (Å²) in [5.41, 5.74) is 5.27. The summed E-state index contributed by atoms with van der Waals surface area (Å²) < 4.78 is 13.8. The Labute approximate surface area is 137 Å². The maximum atomic E-state index is 13.8. The molecule has 116 valence electrons. The Morgan fingerprint density at radius 3 is 2.78 bits per heavy atom. The monoisotopic (exact) mass is 327 g/mol. The molecule has 23 heavy (non-hydrogen) atoms. The average molecular weight is 327 g/mol. The molecule has 0 radical (unpaired) electrons. The van der Waals surface area contributed by atoms with E-state index < -0.39 is 4.87 Å². The van der Waals surface area contributed by atoms with Gasteiger partial charge in [0.25, 0.3) is 5.91 Å². The second-order valence-corrected chi connectivity index (χ2v) is 6.59. The summed E-state index contributed by atoms with van der Waals surface area (Å²) in [6.07, 6.45) is 0. The third kappa shape index (κ3) is 1.98. The van der Waals surface area contributed by atoms with Crippen LogP contribution in [0.3, 0.4) is 0 Å². The Balaban J connectivity index is 1.79. The van der Waals surface area contributed by atoms with Crippen molar-refractivity contribution in [2.24, 2.45) is 5.10 Å². The van der Waals surface area contributed by atoms with Crippen LogP contribution < -0.4 is 10.3 Å². The van der Waals surface area contributed by atoms with Crippen LogP contribution in [0.2, 0.25) is 0 Å². The highest BCUT2D eigenvalue weighted by atomic mass is 32.2. The van der Waals surface area contributed by atoms with Crippen molar-refractivity contribution in [2.75, 3.05) is 11.4 Å². The maximum Gasteiger partial charge on any atom is 0.269 e. The van der Waals surface area contributed by atoms with Crippen molar-refractivity contribution in [1.29, 1.82) is 0 Å². The van der Waals surface area contributed by atoms with Gasteiger partial charge in [-0.05, 0) is 25.1 Å². The molecular weight excluding hydrogens is 313 g/mol. The van der Waals surface area contributed by atoms with Crippen LogP contribution >= 0.6 is 11.8 Å². The fraction of sp³-hybridized carbons (Fsp3) is 0.176. The molecule has 1 spiro atoms. The smallest absolute Gasteiger partial charge is 0.269 e. The first kappa shape index (κ1) is 14.3. The zero-order valence-electron chi connectivity index (χ0n) is 12.4. The number of thioether (sulfide) groups is 1. The van der Waals surface area contributed by atoms with Gasteiger partial charge >= 0.3 is 0 Å². The van der Waals surface area contributed by atoms with E-state index in [1.807, 2.05) is 37.3 Å². The molecule has 2 heterocycles. The standard InChI is InChI=1S/C17H14FN3OS/c1-2-21-14-9-8-12(18)10-13(14)17(16(21)22)20-19-15(23-17)11-6-4-3-5-7-11/h3-10,20H,2H2,1H3. The molecule has 2 aliphatic rings. The number of amides is 1. The lowest BCUT2D eigenvalue weighted by Gasteiger charge is -2.21. The van der Waals surface area contributed by atoms with Crippen LogP contribution in [0.15, 0.2) is 53.6 Å². The van der Waals surface area contributed by atoms with Gasteiger partial charge in [-0.3, -0.25) is 10.2 Å². The number of carbonyl (C=O) groups is 1. The lowest BCUT2D eigenvalue weighted by atomic mass is 10.1. The highest BCUT2D eigenvalue weighted by Crippen LogP contribution is 2.50. The van der Waals surface area contributed by atoms with Gasteiger partial charge in [-0.25, -0.2) is 4.39 Å². The minimum atomic E-state index is -1.07. The number of hydrazone groups is 1. The third-order valence-corrected chi connectivity index (χ3v) is 5.39. The van der Waals surface area contributed by atoms with Gasteiger partial charge in [0.1, 0.15) is 10.9 Å². The van der Waals surface area contributed by atoms with Crippen LogP contribution in [0, 0.1) is 5.82 Å². The molecule has 6 heteroatoms. The fourth-order valence-corrected chi connectivity index (χ4v) is 4.18. The SMILES string of the molecule is CCN1C(=O)C2(NN=C(c3ccccc3)S2)c2cc(F)ccc21. The quantitative estimate of drug-likeness (QED) is 0.922. The molecule has 0 saturated heterocycles. The van der Waals surface area contributed by atoms with E-state index in [4.69, 9.17) is 0 Å². The van der Waals surface area contributed by atoms with Crippen molar-refractivity contribution in [3.8, 4) is 0 Å². The molecule has 0 saturated carbocycles. The van der Waals surface area contributed by atoms with Gasteiger partial charge in [-0.1, -0.05) is 42.1 Å². The second-order valence-electron chi connectivity index (χ2n) is 5.39. The predicted octanol–water partition coefficient (Wildman–Crippen LogP) is 3.04. The van der Waals surface area contributed by atoms with Gasteiger partial charge in [-0.15, -0.1) is 0 Å². The molecule has 2 aliphatic heterocycles. The van der Waals surface area contributed by atoms with E-state index in [0.29, 0.717) is 12.1 Å². The van der Waals surface area contributed by atoms with E-state index >= 15 is 0 Å². The summed E-state index contributed by atoms with van der Waals surface area (Å²) in [6.45, 7) is 2.44. The number of nitrogens with zero attached hydrogens (tertiary/aromatic N) is 2. The van der Waals surface area contributed by atoms with E-state index in [1.54, 1.807) is 11.0 Å². The predicted molar refractivity (Wildman–Crippen MR) is 89.8 cm³/mol. The van der Waals surface area contributed by atoms with Gasteiger partial charge < -0.3 is 4.90 Å². The first-order valence-electron chi connectivity index (χ1n) is 7.37. The van der Waals surface area contributed by atoms with Crippen LogP contribution in [-0.4, -0.2) is 17.5 Å². The molecule has 2 aromatic rings. The molecule has 1 unspecified atom stereocenters. The summed E-state index contributed by atoms with van der Waals surface area (Å²) in [7, 11) is 0. The Morgan fingerprint density at radius 1 is 1.26 bits per heavy atom. The highest BCUT2D eigenvalue weighted by molar-refractivity contribution is 8.16. The number of halogens is 1. The summed E-state index contributed by atoms with van der Waals surface area (Å²) in [5, 5.41) is 5.08. The molecule has 1 atom stereocenters. The van der Waals surface area contributed by atoms with Crippen LogP contribution in [0.25, 0.3) is 0 Å². The van der Waals surface area contributed by atoms with Crippen LogP contribution in [0.1, 0.15) is 18.1 Å². The molecule has 0 fully saturated rings. The molecule has 0 aromatic heterocycles. The fourth-order valence-electron chi connectivity index (χ4n) is 2.99. The normalized spacial score (nSPS) is 22.3. The minimum absolute atomic E-state index is 0.111. The van der Waals surface area contributed by atoms with Gasteiger partial charge in [0, 0.05) is 17.7 Å². The van der Waals surface area contributed by atoms with E-state index in [1.165, 1.54) is 23.9 Å². The number of carbonyl (C=O) groups excluding carboxylic acids is 1. The Kier molecular flexibility index (Phi) is 3.16. The van der Waals surface area contributed by atoms with Crippen molar-refractivity contribution in [2.45, 2.75) is 11.8 Å². The Bertz CT molecular complexity index is 824. The topological polar surface area (TPSA) is 44.7 Å². The van der Waals surface area contributed by atoms with Gasteiger partial charge in [0.05, 0.1) is 5.69 Å². The lowest BCUT2D eigenvalue weighted by molar-refractivity contribution is -0.121. The number of hydrogen-bond acceptors (Lipinski definition) is 4. The van der Waals surface area contributed by atoms with Crippen molar-refractivity contribution in [1.82, 2.24) is 5.43 Å². The summed E-state index contributed by atoms with van der Waals surface area (Å²) in [6, 6.07) is 14.1. The van der Waals surface area contributed by atoms with Crippen molar-refractivity contribution < 1.29 is 9.18 Å². The molecule has 2 aromatic carbocycles. The van der Waals surface area contributed by atoms with Crippen molar-refractivity contribution in [3.63, 3.8) is 0 Å². The van der Waals surface area contributed by atoms with E-state index in [9.17, 15) is 9.18 Å². The largest absolute Gasteiger partial charge is 0.309 e. The summed E-state index contributed by atoms with van der Waals surface area (Å²) >= 11 is 1.33. The van der Waals surface area contributed by atoms with Gasteiger partial charge in [0.2, 0.25) is 4.87 Å². The first-order valence-corrected chi connectivity index (χ1v) is 8.18. The molecular formula is C17H14FN3OS. The average Bonchev–Trinajstić information content (AvgIpc) is 3.12. The zero-order valence-corrected chi connectivity index (χ0v) is 13.2. The highest BCUT2D eigenvalue weighted by Gasteiger charge is 2.55. The molecule has 1 amide bonds. The van der Waals surface area contributed by atoms with E-state index in [2.05, 4.69) is 10.5 Å². The number of nitrogens with one attached hydrogen (secondary N) is 1.